The monoisotopic (exact) mass is 337 g/mol. The fourth-order valence-corrected chi connectivity index (χ4v) is 2.66. The van der Waals surface area contributed by atoms with E-state index in [9.17, 15) is 15.2 Å². The van der Waals surface area contributed by atoms with Crippen molar-refractivity contribution in [3.63, 3.8) is 0 Å². The summed E-state index contributed by atoms with van der Waals surface area (Å²) in [4.78, 5) is 14.5. The lowest BCUT2D eigenvalue weighted by Gasteiger charge is -2.25. The van der Waals surface area contributed by atoms with E-state index in [-0.39, 0.29) is 17.8 Å². The number of aromatic nitrogens is 1. The molecule has 1 atom stereocenters. The van der Waals surface area contributed by atoms with Crippen molar-refractivity contribution in [1.82, 2.24) is 10.3 Å². The van der Waals surface area contributed by atoms with Crippen LogP contribution < -0.4 is 10.1 Å². The average molecular weight is 337 g/mol. The minimum atomic E-state index is -0.742. The van der Waals surface area contributed by atoms with E-state index in [1.807, 2.05) is 19.2 Å². The highest BCUT2D eigenvalue weighted by Gasteiger charge is 2.23. The van der Waals surface area contributed by atoms with E-state index < -0.39 is 11.0 Å². The van der Waals surface area contributed by atoms with Crippen LogP contribution >= 0.6 is 11.3 Å². The Kier molecular flexibility index (Phi) is 5.64. The molecule has 0 fully saturated rings. The van der Waals surface area contributed by atoms with E-state index in [1.165, 1.54) is 12.1 Å². The molecule has 2 N–H and O–H groups in total. The number of hydrogen-bond acceptors (Lipinski definition) is 7. The molecular weight excluding hydrogens is 318 g/mol. The topological polar surface area (TPSA) is 97.5 Å². The Hall–Kier alpha value is -2.03. The van der Waals surface area contributed by atoms with Crippen LogP contribution in [0.2, 0.25) is 0 Å². The number of ether oxygens (including phenoxy) is 1. The number of nitrogens with zero attached hydrogens (tertiary/aromatic N) is 2. The molecule has 0 aliphatic heterocycles. The van der Waals surface area contributed by atoms with Crippen molar-refractivity contribution in [2.75, 3.05) is 13.2 Å². The Morgan fingerprint density at radius 3 is 2.96 bits per heavy atom. The van der Waals surface area contributed by atoms with Crippen LogP contribution in [0, 0.1) is 10.1 Å². The van der Waals surface area contributed by atoms with Gasteiger partial charge in [-0.25, -0.2) is 4.98 Å². The first-order valence-corrected chi connectivity index (χ1v) is 7.97. The molecule has 1 aromatic heterocycles. The lowest BCUT2D eigenvalue weighted by Crippen LogP contribution is -2.42. The molecule has 8 heteroatoms. The van der Waals surface area contributed by atoms with E-state index >= 15 is 0 Å². The summed E-state index contributed by atoms with van der Waals surface area (Å²) in [5.74, 6) is 0.359. The maximum atomic E-state index is 10.7. The Bertz CT molecular complexity index is 646. The van der Waals surface area contributed by atoms with Crippen LogP contribution in [-0.4, -0.2) is 34.3 Å². The molecular formula is C15H19N3O4S. The quantitative estimate of drug-likeness (QED) is 0.567. The van der Waals surface area contributed by atoms with E-state index in [0.29, 0.717) is 12.3 Å². The Labute approximate surface area is 138 Å². The van der Waals surface area contributed by atoms with Crippen molar-refractivity contribution >= 4 is 17.0 Å². The third-order valence-corrected chi connectivity index (χ3v) is 4.31. The minimum Gasteiger partial charge on any atom is -0.491 e. The highest BCUT2D eigenvalue weighted by Crippen LogP contribution is 2.22. The van der Waals surface area contributed by atoms with Gasteiger partial charge in [-0.1, -0.05) is 6.07 Å². The maximum absolute atomic E-state index is 10.7. The summed E-state index contributed by atoms with van der Waals surface area (Å²) in [5, 5.41) is 26.8. The summed E-state index contributed by atoms with van der Waals surface area (Å²) in [5.41, 5.74) is -0.388. The van der Waals surface area contributed by atoms with E-state index in [1.54, 1.807) is 29.7 Å². The molecule has 124 valence electrons. The van der Waals surface area contributed by atoms with Gasteiger partial charge in [0.25, 0.3) is 5.69 Å². The summed E-state index contributed by atoms with van der Waals surface area (Å²) >= 11 is 1.55. The second kappa shape index (κ2) is 7.49. The standard InChI is InChI=1S/C15H19N3O4S/c1-15(2,14-16-6-7-23-14)17-9-12(19)10-22-13-5-3-4-11(8-13)18(20)21/h3-8,12,17,19H,9-10H2,1-2H3. The van der Waals surface area contributed by atoms with Gasteiger partial charge in [0.2, 0.25) is 0 Å². The number of non-ortho nitro benzene ring substituents is 1. The summed E-state index contributed by atoms with van der Waals surface area (Å²) in [6.45, 7) is 4.34. The third-order valence-electron chi connectivity index (χ3n) is 3.22. The maximum Gasteiger partial charge on any atom is 0.273 e. The van der Waals surface area contributed by atoms with Gasteiger partial charge in [-0.05, 0) is 19.9 Å². The van der Waals surface area contributed by atoms with Gasteiger partial charge in [0, 0.05) is 24.2 Å². The first-order valence-electron chi connectivity index (χ1n) is 7.09. The molecule has 0 aliphatic rings. The molecule has 0 spiro atoms. The molecule has 0 saturated heterocycles. The van der Waals surface area contributed by atoms with Crippen LogP contribution in [0.3, 0.4) is 0 Å². The predicted molar refractivity (Wildman–Crippen MR) is 87.7 cm³/mol. The predicted octanol–water partition coefficient (Wildman–Crippen LogP) is 2.32. The molecule has 7 nitrogen and oxygen atoms in total. The third kappa shape index (κ3) is 4.98. The average Bonchev–Trinajstić information content (AvgIpc) is 3.06. The lowest BCUT2D eigenvalue weighted by atomic mass is 10.1. The molecule has 1 unspecified atom stereocenters. The fraction of sp³-hybridized carbons (Fsp3) is 0.400. The van der Waals surface area contributed by atoms with Crippen LogP contribution in [0.1, 0.15) is 18.9 Å². The Morgan fingerprint density at radius 2 is 2.30 bits per heavy atom. The number of nitrogens with one attached hydrogen (secondary N) is 1. The van der Waals surface area contributed by atoms with Crippen LogP contribution in [0.4, 0.5) is 5.69 Å². The SMILES string of the molecule is CC(C)(NCC(O)COc1cccc([N+](=O)[O-])c1)c1nccs1. The van der Waals surface area contributed by atoms with Gasteiger partial charge in [0.15, 0.2) is 0 Å². The number of nitro benzene ring substituents is 1. The van der Waals surface area contributed by atoms with E-state index in [2.05, 4.69) is 10.3 Å². The van der Waals surface area contributed by atoms with Gasteiger partial charge >= 0.3 is 0 Å². The van der Waals surface area contributed by atoms with Crippen molar-refractivity contribution in [3.05, 3.63) is 51.0 Å². The normalized spacial score (nSPS) is 12.8. The van der Waals surface area contributed by atoms with Gasteiger partial charge in [-0.15, -0.1) is 11.3 Å². The number of hydrogen-bond donors (Lipinski definition) is 2. The van der Waals surface area contributed by atoms with Gasteiger partial charge in [0.05, 0.1) is 16.5 Å². The number of rotatable bonds is 8. The summed E-state index contributed by atoms with van der Waals surface area (Å²) in [6, 6.07) is 5.89. The smallest absolute Gasteiger partial charge is 0.273 e. The lowest BCUT2D eigenvalue weighted by molar-refractivity contribution is -0.384. The van der Waals surface area contributed by atoms with Gasteiger partial charge < -0.3 is 15.2 Å². The van der Waals surface area contributed by atoms with Crippen molar-refractivity contribution < 1.29 is 14.8 Å². The van der Waals surface area contributed by atoms with Gasteiger partial charge in [-0.2, -0.15) is 0 Å². The zero-order valence-electron chi connectivity index (χ0n) is 12.9. The van der Waals surface area contributed by atoms with Crippen molar-refractivity contribution in [3.8, 4) is 5.75 Å². The number of aliphatic hydroxyl groups is 1. The number of thiazole rings is 1. The molecule has 0 amide bonds. The van der Waals surface area contributed by atoms with Crippen molar-refractivity contribution in [2.45, 2.75) is 25.5 Å². The minimum absolute atomic E-state index is 0.0417. The molecule has 0 aliphatic carbocycles. The molecule has 23 heavy (non-hydrogen) atoms. The molecule has 1 aromatic carbocycles. The summed E-state index contributed by atoms with van der Waals surface area (Å²) in [7, 11) is 0. The number of benzene rings is 1. The Balaban J connectivity index is 1.82. The molecule has 0 bridgehead atoms. The van der Waals surface area contributed by atoms with Gasteiger partial charge in [0.1, 0.15) is 23.5 Å². The fourth-order valence-electron chi connectivity index (χ4n) is 1.92. The first-order chi connectivity index (χ1) is 10.9. The highest BCUT2D eigenvalue weighted by atomic mass is 32.1. The number of nitro groups is 1. The first kappa shape index (κ1) is 17.3. The van der Waals surface area contributed by atoms with Crippen LogP contribution in [-0.2, 0) is 5.54 Å². The van der Waals surface area contributed by atoms with Crippen LogP contribution in [0.5, 0.6) is 5.75 Å². The molecule has 2 rings (SSSR count). The van der Waals surface area contributed by atoms with Crippen LogP contribution in [0.25, 0.3) is 0 Å². The number of aliphatic hydroxyl groups excluding tert-OH is 1. The van der Waals surface area contributed by atoms with Crippen molar-refractivity contribution in [2.24, 2.45) is 0 Å². The molecule has 2 aromatic rings. The largest absolute Gasteiger partial charge is 0.491 e. The van der Waals surface area contributed by atoms with Gasteiger partial charge in [-0.3, -0.25) is 10.1 Å². The highest BCUT2D eigenvalue weighted by molar-refractivity contribution is 7.09. The second-order valence-corrected chi connectivity index (χ2v) is 6.46. The van der Waals surface area contributed by atoms with E-state index in [0.717, 1.165) is 5.01 Å². The summed E-state index contributed by atoms with van der Waals surface area (Å²) in [6.07, 6.45) is 0.999. The zero-order chi connectivity index (χ0) is 16.9. The zero-order valence-corrected chi connectivity index (χ0v) is 13.7. The molecule has 0 radical (unpaired) electrons. The summed E-state index contributed by atoms with van der Waals surface area (Å²) < 4.78 is 5.41. The van der Waals surface area contributed by atoms with Crippen LogP contribution in [0.15, 0.2) is 35.8 Å². The van der Waals surface area contributed by atoms with Crippen molar-refractivity contribution in [1.29, 1.82) is 0 Å². The molecule has 1 heterocycles. The Morgan fingerprint density at radius 1 is 1.52 bits per heavy atom. The second-order valence-electron chi connectivity index (χ2n) is 5.56. The van der Waals surface area contributed by atoms with E-state index in [4.69, 9.17) is 4.74 Å². The molecule has 0 saturated carbocycles.